The highest BCUT2D eigenvalue weighted by atomic mass is 19.3. The van der Waals surface area contributed by atoms with Gasteiger partial charge in [0.05, 0.1) is 6.10 Å². The highest BCUT2D eigenvalue weighted by molar-refractivity contribution is 5.86. The standard InChI is InChI=1S/C10H16F2O2/c1-10(2,3)8(13)6-4-7(5-6)14-9(11)12/h6-7,9H,4-5H2,1-3H3. The predicted molar refractivity (Wildman–Crippen MR) is 48.1 cm³/mol. The van der Waals surface area contributed by atoms with E-state index in [9.17, 15) is 13.6 Å². The number of ether oxygens (including phenoxy) is 1. The van der Waals surface area contributed by atoms with Crippen LogP contribution in [-0.4, -0.2) is 18.5 Å². The molecule has 0 radical (unpaired) electrons. The summed E-state index contributed by atoms with van der Waals surface area (Å²) in [4.78, 5) is 11.6. The van der Waals surface area contributed by atoms with Gasteiger partial charge in [-0.15, -0.1) is 0 Å². The van der Waals surface area contributed by atoms with Crippen LogP contribution in [0.1, 0.15) is 33.6 Å². The maximum Gasteiger partial charge on any atom is 0.345 e. The molecule has 0 spiro atoms. The van der Waals surface area contributed by atoms with E-state index in [-0.39, 0.29) is 17.1 Å². The van der Waals surface area contributed by atoms with Crippen LogP contribution in [0.15, 0.2) is 0 Å². The summed E-state index contributed by atoms with van der Waals surface area (Å²) < 4.78 is 27.8. The predicted octanol–water partition coefficient (Wildman–Crippen LogP) is 2.62. The molecule has 0 saturated heterocycles. The molecule has 2 nitrogen and oxygen atoms in total. The highest BCUT2D eigenvalue weighted by Crippen LogP contribution is 2.36. The van der Waals surface area contributed by atoms with Gasteiger partial charge in [0.2, 0.25) is 0 Å². The number of Topliss-reactive ketones (excluding diaryl/α,β-unsaturated/α-hetero) is 1. The molecule has 0 N–H and O–H groups in total. The third kappa shape index (κ3) is 2.74. The lowest BCUT2D eigenvalue weighted by Gasteiger charge is -2.36. The molecule has 1 saturated carbocycles. The maximum atomic E-state index is 11.8. The van der Waals surface area contributed by atoms with E-state index in [2.05, 4.69) is 4.74 Å². The molecule has 82 valence electrons. The summed E-state index contributed by atoms with van der Waals surface area (Å²) in [6, 6.07) is 0. The summed E-state index contributed by atoms with van der Waals surface area (Å²) >= 11 is 0. The second-order valence-corrected chi connectivity index (χ2v) is 4.80. The third-order valence-corrected chi connectivity index (χ3v) is 2.50. The Labute approximate surface area is 82.6 Å². The first-order chi connectivity index (χ1) is 6.30. The van der Waals surface area contributed by atoms with E-state index in [0.717, 1.165) is 0 Å². The van der Waals surface area contributed by atoms with E-state index < -0.39 is 12.7 Å². The van der Waals surface area contributed by atoms with Crippen molar-refractivity contribution in [2.75, 3.05) is 0 Å². The number of rotatable bonds is 3. The minimum absolute atomic E-state index is 0.0845. The van der Waals surface area contributed by atoms with Gasteiger partial charge in [-0.3, -0.25) is 4.79 Å². The molecule has 0 amide bonds. The normalized spacial score (nSPS) is 27.6. The van der Waals surface area contributed by atoms with E-state index in [0.29, 0.717) is 12.8 Å². The van der Waals surface area contributed by atoms with Gasteiger partial charge in [0, 0.05) is 11.3 Å². The van der Waals surface area contributed by atoms with E-state index in [1.807, 2.05) is 20.8 Å². The number of carbonyl (C=O) groups excluding carboxylic acids is 1. The van der Waals surface area contributed by atoms with Crippen LogP contribution in [0.3, 0.4) is 0 Å². The molecule has 1 aliphatic rings. The molecule has 0 unspecified atom stereocenters. The smallest absolute Gasteiger partial charge is 0.320 e. The summed E-state index contributed by atoms with van der Waals surface area (Å²) in [5.74, 6) is 0.0605. The van der Waals surface area contributed by atoms with Gasteiger partial charge in [0.15, 0.2) is 0 Å². The van der Waals surface area contributed by atoms with Gasteiger partial charge in [0.1, 0.15) is 5.78 Å². The van der Waals surface area contributed by atoms with Crippen molar-refractivity contribution in [1.82, 2.24) is 0 Å². The highest BCUT2D eigenvalue weighted by Gasteiger charge is 2.40. The number of hydrogen-bond acceptors (Lipinski definition) is 2. The van der Waals surface area contributed by atoms with Crippen molar-refractivity contribution >= 4 is 5.78 Å². The molecule has 1 aliphatic carbocycles. The average molecular weight is 206 g/mol. The molecule has 0 aromatic heterocycles. The zero-order valence-corrected chi connectivity index (χ0v) is 8.72. The lowest BCUT2D eigenvalue weighted by molar-refractivity contribution is -0.194. The quantitative estimate of drug-likeness (QED) is 0.709. The van der Waals surface area contributed by atoms with Crippen molar-refractivity contribution in [3.05, 3.63) is 0 Å². The third-order valence-electron chi connectivity index (χ3n) is 2.50. The molecule has 0 aliphatic heterocycles. The fourth-order valence-corrected chi connectivity index (χ4v) is 1.65. The van der Waals surface area contributed by atoms with Crippen LogP contribution in [0.5, 0.6) is 0 Å². The van der Waals surface area contributed by atoms with Crippen molar-refractivity contribution in [1.29, 1.82) is 0 Å². The molecule has 14 heavy (non-hydrogen) atoms. The van der Waals surface area contributed by atoms with Crippen molar-refractivity contribution in [2.24, 2.45) is 11.3 Å². The first kappa shape index (κ1) is 11.6. The molecule has 0 aromatic carbocycles. The monoisotopic (exact) mass is 206 g/mol. The zero-order valence-electron chi connectivity index (χ0n) is 8.72. The minimum Gasteiger partial charge on any atom is -0.320 e. The van der Waals surface area contributed by atoms with Crippen LogP contribution in [0.2, 0.25) is 0 Å². The maximum absolute atomic E-state index is 11.8. The largest absolute Gasteiger partial charge is 0.345 e. The Kier molecular flexibility index (Phi) is 3.24. The van der Waals surface area contributed by atoms with Crippen LogP contribution >= 0.6 is 0 Å². The Hall–Kier alpha value is -0.510. The summed E-state index contributed by atoms with van der Waals surface area (Å²) in [6.45, 7) is 2.81. The first-order valence-corrected chi connectivity index (χ1v) is 4.78. The fourth-order valence-electron chi connectivity index (χ4n) is 1.65. The number of carbonyl (C=O) groups is 1. The van der Waals surface area contributed by atoms with Crippen molar-refractivity contribution in [3.8, 4) is 0 Å². The molecule has 4 heteroatoms. The number of halogens is 2. The Morgan fingerprint density at radius 2 is 1.86 bits per heavy atom. The second-order valence-electron chi connectivity index (χ2n) is 4.80. The topological polar surface area (TPSA) is 26.3 Å². The van der Waals surface area contributed by atoms with Crippen LogP contribution < -0.4 is 0 Å². The van der Waals surface area contributed by atoms with Crippen molar-refractivity contribution < 1.29 is 18.3 Å². The molecule has 0 bridgehead atoms. The summed E-state index contributed by atoms with van der Waals surface area (Å²) in [5.41, 5.74) is -0.375. The zero-order chi connectivity index (χ0) is 10.9. The van der Waals surface area contributed by atoms with Crippen LogP contribution in [-0.2, 0) is 9.53 Å². The molecular weight excluding hydrogens is 190 g/mol. The molecule has 1 fully saturated rings. The van der Waals surface area contributed by atoms with Gasteiger partial charge in [-0.25, -0.2) is 0 Å². The number of ketones is 1. The van der Waals surface area contributed by atoms with E-state index in [1.54, 1.807) is 0 Å². The number of alkyl halides is 2. The molecule has 0 heterocycles. The van der Waals surface area contributed by atoms with Crippen molar-refractivity contribution in [2.45, 2.75) is 46.3 Å². The Bertz CT molecular complexity index is 215. The van der Waals surface area contributed by atoms with Crippen LogP contribution in [0, 0.1) is 11.3 Å². The fraction of sp³-hybridized carbons (Fsp3) is 0.900. The van der Waals surface area contributed by atoms with E-state index in [4.69, 9.17) is 0 Å². The second kappa shape index (κ2) is 3.93. The van der Waals surface area contributed by atoms with Crippen molar-refractivity contribution in [3.63, 3.8) is 0 Å². The molecular formula is C10H16F2O2. The Balaban J connectivity index is 2.31. The molecule has 1 rings (SSSR count). The lowest BCUT2D eigenvalue weighted by Crippen LogP contribution is -2.41. The van der Waals surface area contributed by atoms with Gasteiger partial charge >= 0.3 is 6.61 Å². The van der Waals surface area contributed by atoms with E-state index >= 15 is 0 Å². The molecule has 0 atom stereocenters. The summed E-state index contributed by atoms with van der Waals surface area (Å²) in [5, 5.41) is 0. The van der Waals surface area contributed by atoms with Crippen LogP contribution in [0.4, 0.5) is 8.78 Å². The molecule has 0 aromatic rings. The summed E-state index contributed by atoms with van der Waals surface area (Å²) in [7, 11) is 0. The van der Waals surface area contributed by atoms with Gasteiger partial charge in [-0.05, 0) is 12.8 Å². The van der Waals surface area contributed by atoms with Gasteiger partial charge in [-0.1, -0.05) is 20.8 Å². The minimum atomic E-state index is -2.72. The first-order valence-electron chi connectivity index (χ1n) is 4.78. The van der Waals surface area contributed by atoms with Gasteiger partial charge < -0.3 is 4.74 Å². The lowest BCUT2D eigenvalue weighted by atomic mass is 9.71. The SMILES string of the molecule is CC(C)(C)C(=O)C1CC(OC(F)F)C1. The van der Waals surface area contributed by atoms with E-state index in [1.165, 1.54) is 0 Å². The van der Waals surface area contributed by atoms with Crippen LogP contribution in [0.25, 0.3) is 0 Å². The number of hydrogen-bond donors (Lipinski definition) is 0. The average Bonchev–Trinajstić information content (AvgIpc) is 1.92. The Morgan fingerprint density at radius 1 is 1.36 bits per heavy atom. The summed E-state index contributed by atoms with van der Waals surface area (Å²) in [6.07, 6.45) is 0.465. The van der Waals surface area contributed by atoms with Gasteiger partial charge in [0.25, 0.3) is 0 Å². The van der Waals surface area contributed by atoms with Gasteiger partial charge in [-0.2, -0.15) is 8.78 Å². The Morgan fingerprint density at radius 3 is 2.21 bits per heavy atom.